The lowest BCUT2D eigenvalue weighted by Gasteiger charge is -2.26. The summed E-state index contributed by atoms with van der Waals surface area (Å²) < 4.78 is 27.0. The first-order valence-electron chi connectivity index (χ1n) is 11.1. The van der Waals surface area contributed by atoms with Crippen molar-refractivity contribution in [2.45, 2.75) is 12.5 Å². The van der Waals surface area contributed by atoms with Crippen LogP contribution in [0.2, 0.25) is 0 Å². The lowest BCUT2D eigenvalue weighted by Crippen LogP contribution is -2.39. The molecule has 35 heavy (non-hydrogen) atoms. The Balaban J connectivity index is 1.66. The quantitative estimate of drug-likeness (QED) is 0.520. The fourth-order valence-electron chi connectivity index (χ4n) is 4.19. The molecule has 0 aliphatic carbocycles. The zero-order chi connectivity index (χ0) is 25.1. The maximum Gasteiger partial charge on any atom is 0.262 e. The normalized spacial score (nSPS) is 15.1. The van der Waals surface area contributed by atoms with E-state index in [0.29, 0.717) is 17.9 Å². The molecule has 0 N–H and O–H groups in total. The van der Waals surface area contributed by atoms with Gasteiger partial charge in [0.25, 0.3) is 11.8 Å². The van der Waals surface area contributed by atoms with Crippen LogP contribution in [0.5, 0.6) is 11.5 Å². The van der Waals surface area contributed by atoms with Crippen molar-refractivity contribution in [3.63, 3.8) is 0 Å². The molecule has 9 heteroatoms. The van der Waals surface area contributed by atoms with Gasteiger partial charge < -0.3 is 18.9 Å². The van der Waals surface area contributed by atoms with Crippen LogP contribution in [0.25, 0.3) is 0 Å². The highest BCUT2D eigenvalue weighted by Gasteiger charge is 2.36. The predicted octanol–water partition coefficient (Wildman–Crippen LogP) is 3.63. The van der Waals surface area contributed by atoms with Crippen LogP contribution in [-0.4, -0.2) is 59.8 Å². The predicted molar refractivity (Wildman–Crippen MR) is 129 cm³/mol. The number of amides is 2. The van der Waals surface area contributed by atoms with Crippen LogP contribution in [0.3, 0.4) is 0 Å². The number of halogens is 1. The molecule has 4 rings (SSSR count). The molecule has 0 saturated carbocycles. The lowest BCUT2D eigenvalue weighted by atomic mass is 9.99. The number of carbonyl (C=O) groups excluding carboxylic acids is 2. The number of carbonyl (C=O) groups is 2. The van der Waals surface area contributed by atoms with Crippen LogP contribution >= 0.6 is 0 Å². The van der Waals surface area contributed by atoms with E-state index < -0.39 is 23.7 Å². The van der Waals surface area contributed by atoms with E-state index in [9.17, 15) is 14.0 Å². The van der Waals surface area contributed by atoms with Gasteiger partial charge in [0.1, 0.15) is 23.9 Å². The van der Waals surface area contributed by atoms with Crippen molar-refractivity contribution in [1.29, 1.82) is 0 Å². The van der Waals surface area contributed by atoms with Crippen LogP contribution in [0, 0.1) is 5.82 Å². The zero-order valence-corrected chi connectivity index (χ0v) is 20.1. The van der Waals surface area contributed by atoms with Gasteiger partial charge >= 0.3 is 0 Å². The summed E-state index contributed by atoms with van der Waals surface area (Å²) in [7, 11) is 6.50. The average molecular weight is 479 g/mol. The van der Waals surface area contributed by atoms with E-state index >= 15 is 0 Å². The molecule has 182 valence electrons. The van der Waals surface area contributed by atoms with Crippen LogP contribution in [0.1, 0.15) is 34.1 Å². The first kappa shape index (κ1) is 24.0. The van der Waals surface area contributed by atoms with Gasteiger partial charge in [-0.2, -0.15) is 5.10 Å². The number of aryl methyl sites for hydroxylation is 1. The molecule has 2 heterocycles. The Labute approximate surface area is 203 Å². The third-order valence-corrected chi connectivity index (χ3v) is 6.02. The topological polar surface area (TPSA) is 76.4 Å². The molecule has 3 aromatic rings. The molecule has 8 nitrogen and oxygen atoms in total. The monoisotopic (exact) mass is 478 g/mol. The molecule has 0 radical (unpaired) electrons. The molecule has 0 fully saturated rings. The Morgan fingerprint density at radius 3 is 2.54 bits per heavy atom. The van der Waals surface area contributed by atoms with Gasteiger partial charge in [-0.25, -0.2) is 9.40 Å². The van der Waals surface area contributed by atoms with Gasteiger partial charge in [-0.15, -0.1) is 0 Å². The maximum absolute atomic E-state index is 14.1. The Morgan fingerprint density at radius 1 is 1.11 bits per heavy atom. The summed E-state index contributed by atoms with van der Waals surface area (Å²) in [5, 5.41) is 6.03. The highest BCUT2D eigenvalue weighted by molar-refractivity contribution is 6.03. The van der Waals surface area contributed by atoms with Crippen LogP contribution in [0.15, 0.2) is 65.9 Å². The van der Waals surface area contributed by atoms with Crippen molar-refractivity contribution in [3.8, 4) is 11.5 Å². The summed E-state index contributed by atoms with van der Waals surface area (Å²) in [6, 6.07) is 14.4. The molecule has 1 atom stereocenters. The zero-order valence-electron chi connectivity index (χ0n) is 20.1. The highest BCUT2D eigenvalue weighted by atomic mass is 19.1. The van der Waals surface area contributed by atoms with E-state index in [4.69, 9.17) is 9.47 Å². The molecular formula is C26H27FN4O4. The molecule has 0 saturated heterocycles. The Bertz CT molecular complexity index is 1290. The van der Waals surface area contributed by atoms with Crippen LogP contribution in [-0.2, 0) is 11.8 Å². The van der Waals surface area contributed by atoms with Crippen molar-refractivity contribution >= 4 is 17.5 Å². The van der Waals surface area contributed by atoms with Gasteiger partial charge in [-0.05, 0) is 42.5 Å². The standard InChI is InChI=1S/C26H27FN4O4/c1-29-13-7-10-22(29)21-15-23(19-14-17(34-3)11-12-24(19)35-4)31(28-21)25(32)16-30(2)26(33)18-8-5-6-9-20(18)27/h5-14,23H,15-16H2,1-4H3/t23-/m1/s1. The van der Waals surface area contributed by atoms with E-state index in [2.05, 4.69) is 5.10 Å². The molecule has 0 unspecified atom stereocenters. The summed E-state index contributed by atoms with van der Waals surface area (Å²) in [6.45, 7) is -0.278. The lowest BCUT2D eigenvalue weighted by molar-refractivity contribution is -0.133. The highest BCUT2D eigenvalue weighted by Crippen LogP contribution is 2.39. The molecule has 0 spiro atoms. The minimum absolute atomic E-state index is 0.0942. The van der Waals surface area contributed by atoms with E-state index in [1.807, 2.05) is 36.0 Å². The Morgan fingerprint density at radius 2 is 1.89 bits per heavy atom. The molecule has 2 aromatic carbocycles. The van der Waals surface area contributed by atoms with Crippen molar-refractivity contribution in [3.05, 3.63) is 83.4 Å². The number of nitrogens with zero attached hydrogens (tertiary/aromatic N) is 4. The van der Waals surface area contributed by atoms with Crippen LogP contribution < -0.4 is 9.47 Å². The van der Waals surface area contributed by atoms with Gasteiger partial charge in [0.05, 0.1) is 37.2 Å². The molecule has 0 bridgehead atoms. The average Bonchev–Trinajstić information content (AvgIpc) is 3.49. The van der Waals surface area contributed by atoms with E-state index in [1.165, 1.54) is 35.2 Å². The minimum atomic E-state index is -0.638. The van der Waals surface area contributed by atoms with Gasteiger partial charge in [0.2, 0.25) is 0 Å². The number of hydrogen-bond donors (Lipinski definition) is 0. The number of hydrogen-bond acceptors (Lipinski definition) is 5. The summed E-state index contributed by atoms with van der Waals surface area (Å²) >= 11 is 0. The molecule has 2 amide bonds. The SMILES string of the molecule is COc1ccc(OC)c([C@H]2CC(c3cccn3C)=NN2C(=O)CN(C)C(=O)c2ccccc2F)c1. The molecule has 1 aromatic heterocycles. The van der Waals surface area contributed by atoms with Crippen LogP contribution in [0.4, 0.5) is 4.39 Å². The van der Waals surface area contributed by atoms with Gasteiger partial charge in [0.15, 0.2) is 0 Å². The number of benzene rings is 2. The fraction of sp³-hybridized carbons (Fsp3) is 0.269. The second-order valence-corrected chi connectivity index (χ2v) is 8.26. The summed E-state index contributed by atoms with van der Waals surface area (Å²) in [5.74, 6) is -0.421. The first-order chi connectivity index (χ1) is 16.8. The van der Waals surface area contributed by atoms with E-state index in [1.54, 1.807) is 32.4 Å². The van der Waals surface area contributed by atoms with E-state index in [0.717, 1.165) is 17.0 Å². The molecule has 1 aliphatic rings. The summed E-state index contributed by atoms with van der Waals surface area (Å²) in [6.07, 6.45) is 2.35. The van der Waals surface area contributed by atoms with Gasteiger partial charge in [0, 0.05) is 32.3 Å². The van der Waals surface area contributed by atoms with Gasteiger partial charge in [-0.1, -0.05) is 12.1 Å². The number of hydrazone groups is 1. The van der Waals surface area contributed by atoms with E-state index in [-0.39, 0.29) is 12.1 Å². The number of rotatable bonds is 7. The van der Waals surface area contributed by atoms with Crippen molar-refractivity contribution in [2.75, 3.05) is 27.8 Å². The summed E-state index contributed by atoms with van der Waals surface area (Å²) in [4.78, 5) is 27.4. The molecular weight excluding hydrogens is 451 g/mol. The van der Waals surface area contributed by atoms with Gasteiger partial charge in [-0.3, -0.25) is 9.59 Å². The Hall–Kier alpha value is -4.14. The second-order valence-electron chi connectivity index (χ2n) is 8.26. The first-order valence-corrected chi connectivity index (χ1v) is 11.1. The van der Waals surface area contributed by atoms with Crippen molar-refractivity contribution in [1.82, 2.24) is 14.5 Å². The Kier molecular flexibility index (Phi) is 6.86. The smallest absolute Gasteiger partial charge is 0.262 e. The third-order valence-electron chi connectivity index (χ3n) is 6.02. The number of aromatic nitrogens is 1. The summed E-state index contributed by atoms with van der Waals surface area (Å²) in [5.41, 5.74) is 2.24. The van der Waals surface area contributed by atoms with Crippen molar-refractivity contribution < 1.29 is 23.5 Å². The second kappa shape index (κ2) is 10.0. The number of likely N-dealkylation sites (N-methyl/N-ethyl adjacent to an activating group) is 1. The number of ether oxygens (including phenoxy) is 2. The van der Waals surface area contributed by atoms with Crippen molar-refractivity contribution in [2.24, 2.45) is 12.1 Å². The maximum atomic E-state index is 14.1. The minimum Gasteiger partial charge on any atom is -0.497 e. The fourth-order valence-corrected chi connectivity index (χ4v) is 4.19. The third kappa shape index (κ3) is 4.75. The molecule has 1 aliphatic heterocycles. The number of methoxy groups -OCH3 is 2. The largest absolute Gasteiger partial charge is 0.497 e.